The highest BCUT2D eigenvalue weighted by Gasteiger charge is 2.27. The number of fused-ring (bicyclic) bond motifs is 1. The van der Waals surface area contributed by atoms with Crippen LogP contribution in [-0.2, 0) is 17.8 Å². The number of nitrogens with one attached hydrogen (secondary N) is 1. The molecular weight excluding hydrogens is 414 g/mol. The molecule has 0 aliphatic carbocycles. The first-order valence-corrected chi connectivity index (χ1v) is 10.9. The Morgan fingerprint density at radius 1 is 1.29 bits per heavy atom. The first kappa shape index (κ1) is 22.7. The number of anilines is 1. The molecule has 2 aromatic rings. The highest BCUT2D eigenvalue weighted by Crippen LogP contribution is 2.37. The Labute approximate surface area is 180 Å². The molecule has 0 bridgehead atoms. The first-order chi connectivity index (χ1) is 13.0. The molecule has 1 aromatic heterocycles. The lowest BCUT2D eigenvalue weighted by Crippen LogP contribution is -2.30. The Morgan fingerprint density at radius 2 is 2.00 bits per heavy atom. The predicted octanol–water partition coefficient (Wildman–Crippen LogP) is 4.08. The maximum atomic E-state index is 12.4. The van der Waals surface area contributed by atoms with Gasteiger partial charge in [0.15, 0.2) is 0 Å². The molecule has 1 aliphatic rings. The van der Waals surface area contributed by atoms with Crippen molar-refractivity contribution in [2.24, 2.45) is 5.73 Å². The lowest BCUT2D eigenvalue weighted by molar-refractivity contribution is -0.115. The van der Waals surface area contributed by atoms with Crippen LogP contribution in [0.5, 0.6) is 0 Å². The summed E-state index contributed by atoms with van der Waals surface area (Å²) in [5.41, 5.74) is 8.35. The van der Waals surface area contributed by atoms with E-state index in [0.29, 0.717) is 22.7 Å². The van der Waals surface area contributed by atoms with E-state index < -0.39 is 5.91 Å². The van der Waals surface area contributed by atoms with Crippen LogP contribution in [0.1, 0.15) is 39.7 Å². The summed E-state index contributed by atoms with van der Waals surface area (Å²) in [5.74, 6) is 0.153. The second-order valence-electron chi connectivity index (χ2n) is 6.65. The van der Waals surface area contributed by atoms with Crippen molar-refractivity contribution >= 4 is 52.3 Å². The molecule has 0 atom stereocenters. The average Bonchev–Trinajstić information content (AvgIpc) is 3.00. The standard InChI is InChI=1S/C20H25N3O2S2.ClH/c1-3-23-10-8-15-16(12-23)27-20(18(15)19(21)25)22-17(24)9-11-26-14-6-4-13(2)5-7-14;/h4-7H,3,8-12H2,1-2H3,(H2,21,25)(H,22,24);1H. The van der Waals surface area contributed by atoms with Gasteiger partial charge < -0.3 is 11.1 Å². The van der Waals surface area contributed by atoms with Gasteiger partial charge in [-0.05, 0) is 37.6 Å². The third-order valence-electron chi connectivity index (χ3n) is 4.70. The van der Waals surface area contributed by atoms with E-state index in [1.54, 1.807) is 11.8 Å². The lowest BCUT2D eigenvalue weighted by Gasteiger charge is -2.25. The fraction of sp³-hybridized carbons (Fsp3) is 0.400. The van der Waals surface area contributed by atoms with Gasteiger partial charge in [-0.3, -0.25) is 14.5 Å². The summed E-state index contributed by atoms with van der Waals surface area (Å²) in [4.78, 5) is 29.0. The van der Waals surface area contributed by atoms with Crippen LogP contribution in [0.25, 0.3) is 0 Å². The molecule has 0 saturated heterocycles. The number of primary amides is 1. The van der Waals surface area contributed by atoms with Crippen molar-refractivity contribution < 1.29 is 9.59 Å². The van der Waals surface area contributed by atoms with Crippen LogP contribution in [0.2, 0.25) is 0 Å². The van der Waals surface area contributed by atoms with Gasteiger partial charge in [0.2, 0.25) is 5.91 Å². The predicted molar refractivity (Wildman–Crippen MR) is 120 cm³/mol. The molecule has 8 heteroatoms. The third kappa shape index (κ3) is 5.50. The fourth-order valence-electron chi connectivity index (χ4n) is 3.16. The van der Waals surface area contributed by atoms with Crippen molar-refractivity contribution in [3.8, 4) is 0 Å². The molecular formula is C20H26ClN3O2S2. The zero-order valence-electron chi connectivity index (χ0n) is 16.1. The molecule has 5 nitrogen and oxygen atoms in total. The molecule has 2 amide bonds. The van der Waals surface area contributed by atoms with Crippen molar-refractivity contribution in [3.05, 3.63) is 45.8 Å². The Kier molecular flexibility index (Phi) is 8.37. The van der Waals surface area contributed by atoms with Crippen molar-refractivity contribution in [2.75, 3.05) is 24.2 Å². The molecule has 0 fully saturated rings. The molecule has 3 N–H and O–H groups in total. The quantitative estimate of drug-likeness (QED) is 0.637. The summed E-state index contributed by atoms with van der Waals surface area (Å²) in [7, 11) is 0. The minimum Gasteiger partial charge on any atom is -0.365 e. The van der Waals surface area contributed by atoms with Crippen LogP contribution < -0.4 is 11.1 Å². The van der Waals surface area contributed by atoms with Gasteiger partial charge in [0, 0.05) is 35.0 Å². The molecule has 0 spiro atoms. The SMILES string of the molecule is CCN1CCc2c(sc(NC(=O)CCSc3ccc(C)cc3)c2C(N)=O)C1.Cl. The first-order valence-electron chi connectivity index (χ1n) is 9.14. The molecule has 3 rings (SSSR count). The number of benzene rings is 1. The molecule has 1 aromatic carbocycles. The number of amides is 2. The monoisotopic (exact) mass is 439 g/mol. The number of hydrogen-bond acceptors (Lipinski definition) is 5. The number of carbonyl (C=O) groups excluding carboxylic acids is 2. The van der Waals surface area contributed by atoms with E-state index >= 15 is 0 Å². The number of carbonyl (C=O) groups is 2. The molecule has 28 heavy (non-hydrogen) atoms. The van der Waals surface area contributed by atoms with Gasteiger partial charge in [0.25, 0.3) is 5.91 Å². The summed E-state index contributed by atoms with van der Waals surface area (Å²) in [5, 5.41) is 3.53. The Bertz CT molecular complexity index is 837. The normalized spacial score (nSPS) is 13.5. The van der Waals surface area contributed by atoms with Gasteiger partial charge >= 0.3 is 0 Å². The van der Waals surface area contributed by atoms with Crippen molar-refractivity contribution in [3.63, 3.8) is 0 Å². The maximum absolute atomic E-state index is 12.4. The van der Waals surface area contributed by atoms with E-state index in [4.69, 9.17) is 5.73 Å². The Morgan fingerprint density at radius 3 is 2.64 bits per heavy atom. The topological polar surface area (TPSA) is 75.4 Å². The second kappa shape index (κ2) is 10.3. The van der Waals surface area contributed by atoms with E-state index in [9.17, 15) is 9.59 Å². The minimum absolute atomic E-state index is 0. The Hall–Kier alpha value is -1.54. The van der Waals surface area contributed by atoms with Crippen molar-refractivity contribution in [2.45, 2.75) is 38.1 Å². The van der Waals surface area contributed by atoms with E-state index in [0.717, 1.165) is 41.4 Å². The van der Waals surface area contributed by atoms with Crippen LogP contribution in [0.15, 0.2) is 29.2 Å². The largest absolute Gasteiger partial charge is 0.365 e. The zero-order chi connectivity index (χ0) is 19.4. The number of aryl methyl sites for hydroxylation is 1. The van der Waals surface area contributed by atoms with Crippen LogP contribution >= 0.6 is 35.5 Å². The van der Waals surface area contributed by atoms with Crippen LogP contribution in [0, 0.1) is 6.92 Å². The smallest absolute Gasteiger partial charge is 0.251 e. The second-order valence-corrected chi connectivity index (χ2v) is 8.92. The number of halogens is 1. The van der Waals surface area contributed by atoms with E-state index in [2.05, 4.69) is 48.3 Å². The lowest BCUT2D eigenvalue weighted by atomic mass is 10.0. The summed E-state index contributed by atoms with van der Waals surface area (Å²) >= 11 is 3.14. The van der Waals surface area contributed by atoms with Gasteiger partial charge in [0.05, 0.1) is 5.56 Å². The molecule has 2 heterocycles. The molecule has 1 aliphatic heterocycles. The highest BCUT2D eigenvalue weighted by molar-refractivity contribution is 7.99. The summed E-state index contributed by atoms with van der Waals surface area (Å²) in [6.07, 6.45) is 1.19. The highest BCUT2D eigenvalue weighted by atomic mass is 35.5. The summed E-state index contributed by atoms with van der Waals surface area (Å²) in [6, 6.07) is 8.26. The van der Waals surface area contributed by atoms with Crippen LogP contribution in [0.4, 0.5) is 5.00 Å². The van der Waals surface area contributed by atoms with Crippen molar-refractivity contribution in [1.82, 2.24) is 4.90 Å². The van der Waals surface area contributed by atoms with E-state index in [1.807, 2.05) is 0 Å². The number of nitrogens with zero attached hydrogens (tertiary/aromatic N) is 1. The summed E-state index contributed by atoms with van der Waals surface area (Å²) in [6.45, 7) is 6.89. The number of thiophene rings is 1. The van der Waals surface area contributed by atoms with Gasteiger partial charge in [-0.15, -0.1) is 35.5 Å². The van der Waals surface area contributed by atoms with Gasteiger partial charge in [-0.25, -0.2) is 0 Å². The number of hydrogen-bond donors (Lipinski definition) is 2. The van der Waals surface area contributed by atoms with Crippen LogP contribution in [-0.4, -0.2) is 35.6 Å². The minimum atomic E-state index is -0.457. The van der Waals surface area contributed by atoms with Gasteiger partial charge in [-0.1, -0.05) is 24.6 Å². The Balaban J connectivity index is 0.00000280. The molecule has 0 radical (unpaired) electrons. The van der Waals surface area contributed by atoms with Crippen LogP contribution in [0.3, 0.4) is 0 Å². The number of rotatable bonds is 7. The van der Waals surface area contributed by atoms with Gasteiger partial charge in [-0.2, -0.15) is 0 Å². The maximum Gasteiger partial charge on any atom is 0.251 e. The molecule has 0 unspecified atom stereocenters. The molecule has 152 valence electrons. The average molecular weight is 440 g/mol. The van der Waals surface area contributed by atoms with E-state index in [-0.39, 0.29) is 18.3 Å². The zero-order valence-corrected chi connectivity index (χ0v) is 18.6. The van der Waals surface area contributed by atoms with Gasteiger partial charge in [0.1, 0.15) is 5.00 Å². The van der Waals surface area contributed by atoms with Crippen molar-refractivity contribution in [1.29, 1.82) is 0 Å². The number of nitrogens with two attached hydrogens (primary N) is 1. The number of thioether (sulfide) groups is 1. The number of likely N-dealkylation sites (N-methyl/N-ethyl adjacent to an activating group) is 1. The summed E-state index contributed by atoms with van der Waals surface area (Å²) < 4.78 is 0. The van der Waals surface area contributed by atoms with E-state index in [1.165, 1.54) is 16.9 Å². The third-order valence-corrected chi connectivity index (χ3v) is 6.85. The molecule has 0 saturated carbocycles. The fourth-order valence-corrected chi connectivity index (χ4v) is 5.32.